The van der Waals surface area contributed by atoms with Crippen molar-refractivity contribution >= 4 is 6.09 Å². The van der Waals surface area contributed by atoms with Crippen LogP contribution in [0.15, 0.2) is 36.7 Å². The van der Waals surface area contributed by atoms with Gasteiger partial charge < -0.3 is 9.30 Å². The van der Waals surface area contributed by atoms with Crippen LogP contribution in [-0.2, 0) is 4.74 Å². The molecule has 3 rings (SSSR count). The summed E-state index contributed by atoms with van der Waals surface area (Å²) in [7, 11) is 0. The molecular weight excluding hydrogens is 302 g/mol. The minimum Gasteiger partial charge on any atom is -0.444 e. The first-order valence-corrected chi connectivity index (χ1v) is 8.45. The summed E-state index contributed by atoms with van der Waals surface area (Å²) >= 11 is 0. The second-order valence-corrected chi connectivity index (χ2v) is 7.33. The number of hydrogen-bond acceptors (Lipinski definition) is 3. The second-order valence-electron chi connectivity index (χ2n) is 7.33. The van der Waals surface area contributed by atoms with Crippen LogP contribution in [0.1, 0.15) is 51.0 Å². The van der Waals surface area contributed by atoms with Crippen LogP contribution in [0.2, 0.25) is 0 Å². The molecule has 5 nitrogen and oxygen atoms in total. The number of benzene rings is 1. The Morgan fingerprint density at radius 2 is 2.12 bits per heavy atom. The maximum absolute atomic E-state index is 12.5. The van der Waals surface area contributed by atoms with E-state index >= 15 is 0 Å². The zero-order chi connectivity index (χ0) is 17.3. The van der Waals surface area contributed by atoms with Gasteiger partial charge in [0.15, 0.2) is 0 Å². The molecule has 1 aliphatic rings. The lowest BCUT2D eigenvalue weighted by Crippen LogP contribution is -2.37. The van der Waals surface area contributed by atoms with Gasteiger partial charge in [-0.1, -0.05) is 12.1 Å². The average Bonchev–Trinajstić information content (AvgIpc) is 3.14. The monoisotopic (exact) mass is 327 g/mol. The van der Waals surface area contributed by atoms with Crippen molar-refractivity contribution in [2.75, 3.05) is 6.54 Å². The van der Waals surface area contributed by atoms with Crippen molar-refractivity contribution in [2.45, 2.75) is 52.2 Å². The van der Waals surface area contributed by atoms with E-state index in [1.165, 1.54) is 5.56 Å². The molecule has 0 radical (unpaired) electrons. The Kier molecular flexibility index (Phi) is 4.35. The lowest BCUT2D eigenvalue weighted by molar-refractivity contribution is 0.0217. The largest absolute Gasteiger partial charge is 0.444 e. The van der Waals surface area contributed by atoms with Crippen molar-refractivity contribution in [2.24, 2.45) is 0 Å². The number of likely N-dealkylation sites (tertiary alicyclic amines) is 1. The zero-order valence-electron chi connectivity index (χ0n) is 14.8. The van der Waals surface area contributed by atoms with Gasteiger partial charge in [0.2, 0.25) is 0 Å². The van der Waals surface area contributed by atoms with Crippen LogP contribution in [0.25, 0.3) is 5.69 Å². The van der Waals surface area contributed by atoms with E-state index in [0.717, 1.165) is 24.4 Å². The van der Waals surface area contributed by atoms with E-state index in [1.807, 2.05) is 33.0 Å². The highest BCUT2D eigenvalue weighted by molar-refractivity contribution is 5.69. The number of hydrogen-bond donors (Lipinski definition) is 0. The van der Waals surface area contributed by atoms with Crippen LogP contribution in [0.5, 0.6) is 0 Å². The van der Waals surface area contributed by atoms with Crippen molar-refractivity contribution in [3.05, 3.63) is 48.0 Å². The Labute approximate surface area is 143 Å². The molecule has 1 aromatic carbocycles. The molecule has 1 fully saturated rings. The molecule has 5 heteroatoms. The molecule has 128 valence electrons. The standard InChI is InChI=1S/C19H25N3O2/c1-14-7-5-8-15(13-14)21-12-10-20-17(21)16-9-6-11-22(16)18(23)24-19(2,3)4/h5,7-8,10,12-13,16H,6,9,11H2,1-4H3/t16-/m0/s1. The van der Waals surface area contributed by atoms with E-state index in [1.54, 1.807) is 11.1 Å². The predicted molar refractivity (Wildman–Crippen MR) is 93.2 cm³/mol. The SMILES string of the molecule is Cc1cccc(-n2ccnc2[C@@H]2CCCN2C(=O)OC(C)(C)C)c1. The molecule has 1 atom stereocenters. The quantitative estimate of drug-likeness (QED) is 0.828. The summed E-state index contributed by atoms with van der Waals surface area (Å²) in [6.07, 6.45) is 5.36. The molecule has 1 amide bonds. The minimum absolute atomic E-state index is 0.0460. The molecule has 0 bridgehead atoms. The van der Waals surface area contributed by atoms with E-state index in [9.17, 15) is 4.79 Å². The summed E-state index contributed by atoms with van der Waals surface area (Å²) in [5, 5.41) is 0. The molecule has 2 aromatic rings. The normalized spacial score (nSPS) is 18.0. The summed E-state index contributed by atoms with van der Waals surface area (Å²) in [4.78, 5) is 18.9. The van der Waals surface area contributed by atoms with Crippen LogP contribution in [0, 0.1) is 6.92 Å². The topological polar surface area (TPSA) is 47.4 Å². The smallest absolute Gasteiger partial charge is 0.410 e. The third-order valence-corrected chi connectivity index (χ3v) is 4.13. The number of carbonyl (C=O) groups excluding carboxylic acids is 1. The number of imidazole rings is 1. The van der Waals surface area contributed by atoms with Gasteiger partial charge in [-0.2, -0.15) is 0 Å². The van der Waals surface area contributed by atoms with Gasteiger partial charge in [0.25, 0.3) is 0 Å². The maximum Gasteiger partial charge on any atom is 0.410 e. The third kappa shape index (κ3) is 3.45. The van der Waals surface area contributed by atoms with E-state index in [-0.39, 0.29) is 12.1 Å². The molecule has 0 aliphatic carbocycles. The fourth-order valence-corrected chi connectivity index (χ4v) is 3.13. The maximum atomic E-state index is 12.5. The Morgan fingerprint density at radius 1 is 1.33 bits per heavy atom. The van der Waals surface area contributed by atoms with Crippen LogP contribution in [0.3, 0.4) is 0 Å². The minimum atomic E-state index is -0.490. The lowest BCUT2D eigenvalue weighted by Gasteiger charge is -2.28. The van der Waals surface area contributed by atoms with E-state index in [4.69, 9.17) is 4.74 Å². The van der Waals surface area contributed by atoms with Crippen molar-refractivity contribution in [3.63, 3.8) is 0 Å². The summed E-state index contributed by atoms with van der Waals surface area (Å²) in [5.74, 6) is 0.893. The van der Waals surface area contributed by atoms with Gasteiger partial charge in [-0.15, -0.1) is 0 Å². The van der Waals surface area contributed by atoms with Gasteiger partial charge in [0, 0.05) is 24.6 Å². The number of ether oxygens (including phenoxy) is 1. The molecule has 1 aromatic heterocycles. The van der Waals surface area contributed by atoms with Gasteiger partial charge in [-0.3, -0.25) is 4.90 Å². The summed E-state index contributed by atoms with van der Waals surface area (Å²) in [5.41, 5.74) is 1.78. The Hall–Kier alpha value is -2.30. The Bertz CT molecular complexity index is 730. The number of amides is 1. The van der Waals surface area contributed by atoms with E-state index in [0.29, 0.717) is 6.54 Å². The summed E-state index contributed by atoms with van der Waals surface area (Å²) < 4.78 is 7.63. The Balaban J connectivity index is 1.89. The molecule has 24 heavy (non-hydrogen) atoms. The van der Waals surface area contributed by atoms with Crippen molar-refractivity contribution in [1.29, 1.82) is 0 Å². The highest BCUT2D eigenvalue weighted by Gasteiger charge is 2.35. The highest BCUT2D eigenvalue weighted by Crippen LogP contribution is 2.33. The summed E-state index contributed by atoms with van der Waals surface area (Å²) in [6.45, 7) is 8.46. The second kappa shape index (κ2) is 6.30. The lowest BCUT2D eigenvalue weighted by atomic mass is 10.2. The van der Waals surface area contributed by atoms with E-state index in [2.05, 4.69) is 34.7 Å². The van der Waals surface area contributed by atoms with Crippen molar-refractivity contribution in [3.8, 4) is 5.69 Å². The Morgan fingerprint density at radius 3 is 2.83 bits per heavy atom. The highest BCUT2D eigenvalue weighted by atomic mass is 16.6. The molecular formula is C19H25N3O2. The molecule has 0 spiro atoms. The van der Waals surface area contributed by atoms with E-state index < -0.39 is 5.60 Å². The van der Waals surface area contributed by atoms with Crippen LogP contribution in [0.4, 0.5) is 4.79 Å². The molecule has 0 saturated carbocycles. The number of aryl methyl sites for hydroxylation is 1. The fraction of sp³-hybridized carbons (Fsp3) is 0.474. The number of carbonyl (C=O) groups is 1. The molecule has 2 heterocycles. The molecule has 0 N–H and O–H groups in total. The van der Waals surface area contributed by atoms with Crippen LogP contribution < -0.4 is 0 Å². The average molecular weight is 327 g/mol. The van der Waals surface area contributed by atoms with Crippen LogP contribution >= 0.6 is 0 Å². The summed E-state index contributed by atoms with van der Waals surface area (Å²) in [6, 6.07) is 8.25. The van der Waals surface area contributed by atoms with Gasteiger partial charge >= 0.3 is 6.09 Å². The van der Waals surface area contributed by atoms with Crippen LogP contribution in [-0.4, -0.2) is 32.7 Å². The molecule has 1 aliphatic heterocycles. The van der Waals surface area contributed by atoms with Gasteiger partial charge in [0.05, 0.1) is 6.04 Å². The number of nitrogens with zero attached hydrogens (tertiary/aromatic N) is 3. The number of aromatic nitrogens is 2. The third-order valence-electron chi connectivity index (χ3n) is 4.13. The fourth-order valence-electron chi connectivity index (χ4n) is 3.13. The first kappa shape index (κ1) is 16.6. The van der Waals surface area contributed by atoms with Gasteiger partial charge in [-0.25, -0.2) is 9.78 Å². The van der Waals surface area contributed by atoms with Gasteiger partial charge in [-0.05, 0) is 58.2 Å². The first-order chi connectivity index (χ1) is 11.3. The van der Waals surface area contributed by atoms with Crippen molar-refractivity contribution < 1.29 is 9.53 Å². The van der Waals surface area contributed by atoms with Gasteiger partial charge in [0.1, 0.15) is 11.4 Å². The number of rotatable bonds is 2. The molecule has 0 unspecified atom stereocenters. The molecule has 1 saturated heterocycles. The first-order valence-electron chi connectivity index (χ1n) is 8.45. The van der Waals surface area contributed by atoms with Crippen molar-refractivity contribution in [1.82, 2.24) is 14.5 Å². The predicted octanol–water partition coefficient (Wildman–Crippen LogP) is 4.25. The zero-order valence-corrected chi connectivity index (χ0v) is 14.8.